The Hall–Kier alpha value is -3.18. The van der Waals surface area contributed by atoms with Gasteiger partial charge in [0.25, 0.3) is 0 Å². The summed E-state index contributed by atoms with van der Waals surface area (Å²) in [5.41, 5.74) is 7.43. The second-order valence-electron chi connectivity index (χ2n) is 7.66. The molecular weight excluding hydrogens is 383 g/mol. The van der Waals surface area contributed by atoms with E-state index in [-0.39, 0.29) is 17.2 Å². The van der Waals surface area contributed by atoms with E-state index in [1.807, 2.05) is 18.2 Å². The summed E-state index contributed by atoms with van der Waals surface area (Å²) in [5, 5.41) is 15.2. The monoisotopic (exact) mass is 410 g/mol. The fourth-order valence-corrected chi connectivity index (χ4v) is 3.63. The molecule has 1 fully saturated rings. The number of aromatic nitrogens is 1. The van der Waals surface area contributed by atoms with Crippen molar-refractivity contribution < 1.29 is 9.18 Å². The van der Waals surface area contributed by atoms with Gasteiger partial charge in [0.2, 0.25) is 5.91 Å². The highest BCUT2D eigenvalue weighted by atomic mass is 19.1. The lowest BCUT2D eigenvalue weighted by molar-refractivity contribution is -0.118. The van der Waals surface area contributed by atoms with Crippen molar-refractivity contribution in [1.29, 1.82) is 5.26 Å². The summed E-state index contributed by atoms with van der Waals surface area (Å²) >= 11 is 0. The number of carbonyl (C=O) groups is 1. The first-order chi connectivity index (χ1) is 14.4. The van der Waals surface area contributed by atoms with Gasteiger partial charge in [-0.2, -0.15) is 5.26 Å². The number of pyridine rings is 1. The lowest BCUT2D eigenvalue weighted by Crippen LogP contribution is -2.35. The number of nitrogens with zero attached hydrogens (tertiary/aromatic N) is 3. The predicted molar refractivity (Wildman–Crippen MR) is 115 cm³/mol. The number of carbonyl (C=O) groups excluding carboxylic acids is 1. The van der Waals surface area contributed by atoms with E-state index in [0.717, 1.165) is 37.7 Å². The SMILES string of the molecule is CC[C@@H](Nc1nc(Nc2ccc(C3CCN(C)CC3)cc2)c(C#N)cc1F)C(N)=O. The van der Waals surface area contributed by atoms with Crippen LogP contribution in [0, 0.1) is 17.1 Å². The second kappa shape index (κ2) is 9.55. The Morgan fingerprint density at radius 1 is 1.33 bits per heavy atom. The molecule has 3 rings (SSSR count). The molecule has 4 N–H and O–H groups in total. The Labute approximate surface area is 176 Å². The number of halogens is 1. The van der Waals surface area contributed by atoms with E-state index in [9.17, 15) is 14.4 Å². The number of benzene rings is 1. The molecule has 0 aliphatic carbocycles. The summed E-state index contributed by atoms with van der Waals surface area (Å²) in [6.45, 7) is 3.94. The molecule has 1 aliphatic heterocycles. The maximum Gasteiger partial charge on any atom is 0.239 e. The summed E-state index contributed by atoms with van der Waals surface area (Å²) in [5.74, 6) is -0.668. The minimum Gasteiger partial charge on any atom is -0.368 e. The lowest BCUT2D eigenvalue weighted by atomic mass is 9.89. The second-order valence-corrected chi connectivity index (χ2v) is 7.66. The summed E-state index contributed by atoms with van der Waals surface area (Å²) in [6.07, 6.45) is 2.65. The minimum atomic E-state index is -0.749. The number of nitriles is 1. The minimum absolute atomic E-state index is 0.0737. The highest BCUT2D eigenvalue weighted by Gasteiger charge is 2.20. The fraction of sp³-hybridized carbons (Fsp3) is 0.409. The first-order valence-electron chi connectivity index (χ1n) is 10.1. The Morgan fingerprint density at radius 3 is 2.57 bits per heavy atom. The molecule has 1 aromatic carbocycles. The molecule has 0 bridgehead atoms. The van der Waals surface area contributed by atoms with Crippen molar-refractivity contribution >= 4 is 23.2 Å². The van der Waals surface area contributed by atoms with Crippen molar-refractivity contribution in [1.82, 2.24) is 9.88 Å². The lowest BCUT2D eigenvalue weighted by Gasteiger charge is -2.29. The van der Waals surface area contributed by atoms with E-state index in [2.05, 4.69) is 39.7 Å². The molecule has 1 saturated heterocycles. The van der Waals surface area contributed by atoms with E-state index in [1.165, 1.54) is 5.56 Å². The molecule has 0 unspecified atom stereocenters. The number of amides is 1. The molecule has 0 radical (unpaired) electrons. The smallest absolute Gasteiger partial charge is 0.239 e. The van der Waals surface area contributed by atoms with E-state index in [1.54, 1.807) is 6.92 Å². The number of nitrogens with two attached hydrogens (primary N) is 1. The van der Waals surface area contributed by atoms with Crippen LogP contribution in [0.3, 0.4) is 0 Å². The standard InChI is InChI=1S/C22H27FN6O/c1-3-19(20(25)30)27-22-18(23)12-16(13-24)21(28-22)26-17-6-4-14(5-7-17)15-8-10-29(2)11-9-15/h4-7,12,15,19H,3,8-11H2,1-2H3,(H2,25,30)(H2,26,27,28)/t19-/m1/s1. The third kappa shape index (κ3) is 5.05. The van der Waals surface area contributed by atoms with Gasteiger partial charge in [0.05, 0.1) is 5.56 Å². The van der Waals surface area contributed by atoms with Crippen LogP contribution in [-0.4, -0.2) is 42.0 Å². The quantitative estimate of drug-likeness (QED) is 0.646. The van der Waals surface area contributed by atoms with E-state index in [4.69, 9.17) is 5.73 Å². The van der Waals surface area contributed by atoms with Gasteiger partial charge in [-0.3, -0.25) is 4.79 Å². The largest absolute Gasteiger partial charge is 0.368 e. The summed E-state index contributed by atoms with van der Waals surface area (Å²) < 4.78 is 14.3. The number of piperidine rings is 1. The summed E-state index contributed by atoms with van der Waals surface area (Å²) in [7, 11) is 2.14. The van der Waals surface area contributed by atoms with Crippen LogP contribution in [0.5, 0.6) is 0 Å². The number of primary amides is 1. The number of hydrogen-bond donors (Lipinski definition) is 3. The number of anilines is 3. The van der Waals surface area contributed by atoms with Crippen LogP contribution in [0.25, 0.3) is 0 Å². The maximum absolute atomic E-state index is 14.3. The molecule has 1 aliphatic rings. The van der Waals surface area contributed by atoms with Crippen LogP contribution >= 0.6 is 0 Å². The predicted octanol–water partition coefficient (Wildman–Crippen LogP) is 3.32. The van der Waals surface area contributed by atoms with Crippen molar-refractivity contribution in [2.75, 3.05) is 30.8 Å². The number of rotatable bonds is 7. The third-order valence-corrected chi connectivity index (χ3v) is 5.52. The average molecular weight is 410 g/mol. The molecule has 1 atom stereocenters. The van der Waals surface area contributed by atoms with Crippen LogP contribution in [0.2, 0.25) is 0 Å². The van der Waals surface area contributed by atoms with Crippen molar-refractivity contribution in [2.45, 2.75) is 38.1 Å². The van der Waals surface area contributed by atoms with Gasteiger partial charge in [-0.15, -0.1) is 0 Å². The van der Waals surface area contributed by atoms with Crippen molar-refractivity contribution in [2.24, 2.45) is 5.73 Å². The molecule has 2 heterocycles. The first kappa shape index (κ1) is 21.5. The zero-order chi connectivity index (χ0) is 21.7. The Kier molecular flexibility index (Phi) is 6.85. The van der Waals surface area contributed by atoms with Gasteiger partial charge < -0.3 is 21.3 Å². The van der Waals surface area contributed by atoms with Crippen LogP contribution in [-0.2, 0) is 4.79 Å². The zero-order valence-electron chi connectivity index (χ0n) is 17.3. The van der Waals surface area contributed by atoms with Gasteiger partial charge in [-0.1, -0.05) is 19.1 Å². The summed E-state index contributed by atoms with van der Waals surface area (Å²) in [6, 6.07) is 10.3. The molecule has 158 valence electrons. The Bertz CT molecular complexity index is 932. The van der Waals surface area contributed by atoms with Crippen molar-refractivity contribution in [3.8, 4) is 6.07 Å². The Balaban J connectivity index is 1.79. The molecule has 2 aromatic rings. The molecule has 7 nitrogen and oxygen atoms in total. The van der Waals surface area contributed by atoms with Crippen LogP contribution in [0.15, 0.2) is 30.3 Å². The van der Waals surface area contributed by atoms with Gasteiger partial charge in [0.1, 0.15) is 12.1 Å². The van der Waals surface area contributed by atoms with Crippen molar-refractivity contribution in [3.05, 3.63) is 47.3 Å². The van der Waals surface area contributed by atoms with Crippen LogP contribution < -0.4 is 16.4 Å². The number of nitrogens with one attached hydrogen (secondary N) is 2. The van der Waals surface area contributed by atoms with E-state index < -0.39 is 17.8 Å². The molecule has 1 aromatic heterocycles. The van der Waals surface area contributed by atoms with Gasteiger partial charge in [0, 0.05) is 5.69 Å². The van der Waals surface area contributed by atoms with Crippen LogP contribution in [0.1, 0.15) is 43.2 Å². The molecule has 8 heteroatoms. The molecule has 0 saturated carbocycles. The first-order valence-corrected chi connectivity index (χ1v) is 10.1. The maximum atomic E-state index is 14.3. The van der Waals surface area contributed by atoms with Crippen LogP contribution in [0.4, 0.5) is 21.7 Å². The summed E-state index contributed by atoms with van der Waals surface area (Å²) in [4.78, 5) is 18.0. The fourth-order valence-electron chi connectivity index (χ4n) is 3.63. The number of likely N-dealkylation sites (tertiary alicyclic amines) is 1. The number of hydrogen-bond acceptors (Lipinski definition) is 6. The van der Waals surface area contributed by atoms with E-state index >= 15 is 0 Å². The third-order valence-electron chi connectivity index (χ3n) is 5.52. The molecule has 1 amide bonds. The van der Waals surface area contributed by atoms with Gasteiger partial charge in [0.15, 0.2) is 17.5 Å². The molecule has 30 heavy (non-hydrogen) atoms. The highest BCUT2D eigenvalue weighted by Crippen LogP contribution is 2.29. The topological polar surface area (TPSA) is 107 Å². The van der Waals surface area contributed by atoms with Gasteiger partial charge in [-0.25, -0.2) is 9.37 Å². The zero-order valence-corrected chi connectivity index (χ0v) is 17.3. The average Bonchev–Trinajstić information content (AvgIpc) is 2.74. The normalized spacial score (nSPS) is 15.9. The molecular formula is C22H27FN6O. The van der Waals surface area contributed by atoms with Gasteiger partial charge >= 0.3 is 0 Å². The Morgan fingerprint density at radius 2 is 2.00 bits per heavy atom. The van der Waals surface area contributed by atoms with Crippen molar-refractivity contribution in [3.63, 3.8) is 0 Å². The van der Waals surface area contributed by atoms with E-state index in [0.29, 0.717) is 12.3 Å². The molecule has 0 spiro atoms. The highest BCUT2D eigenvalue weighted by molar-refractivity contribution is 5.82. The van der Waals surface area contributed by atoms with Gasteiger partial charge in [-0.05, 0) is 69.1 Å².